The Bertz CT molecular complexity index is 464. The molecule has 1 N–H and O–H groups in total. The number of carbonyl (C=O) groups excluding carboxylic acids is 1. The Morgan fingerprint density at radius 3 is 2.95 bits per heavy atom. The van der Waals surface area contributed by atoms with Gasteiger partial charge in [0.2, 0.25) is 5.91 Å². The van der Waals surface area contributed by atoms with E-state index in [9.17, 15) is 4.79 Å². The molecule has 1 fully saturated rings. The summed E-state index contributed by atoms with van der Waals surface area (Å²) in [6.07, 6.45) is 3.35. The summed E-state index contributed by atoms with van der Waals surface area (Å²) in [4.78, 5) is 16.4. The minimum atomic E-state index is -0.141. The van der Waals surface area contributed by atoms with Gasteiger partial charge in [0, 0.05) is 6.61 Å². The number of hydrogen-bond donors (Lipinski definition) is 1. The first-order chi connectivity index (χ1) is 9.39. The van der Waals surface area contributed by atoms with Gasteiger partial charge in [0.15, 0.2) is 0 Å². The van der Waals surface area contributed by atoms with E-state index >= 15 is 0 Å². The zero-order valence-electron chi connectivity index (χ0n) is 12.7. The number of aromatic nitrogens is 3. The molecule has 2 atom stereocenters. The van der Waals surface area contributed by atoms with Crippen LogP contribution in [0.4, 0.5) is 0 Å². The molecule has 0 aliphatic carbocycles. The lowest BCUT2D eigenvalue weighted by Crippen LogP contribution is -2.40. The number of ether oxygens (including phenoxy) is 1. The molecule has 0 spiro atoms. The number of amides is 1. The maximum absolute atomic E-state index is 12.2. The second-order valence-corrected chi connectivity index (χ2v) is 6.30. The molecule has 6 nitrogen and oxygen atoms in total. The number of carbonyl (C=O) groups is 1. The largest absolute Gasteiger partial charge is 0.378 e. The van der Waals surface area contributed by atoms with E-state index in [0.29, 0.717) is 6.54 Å². The van der Waals surface area contributed by atoms with E-state index in [1.165, 1.54) is 6.33 Å². The van der Waals surface area contributed by atoms with Crippen LogP contribution in [0.15, 0.2) is 6.33 Å². The van der Waals surface area contributed by atoms with Crippen molar-refractivity contribution in [3.63, 3.8) is 0 Å². The van der Waals surface area contributed by atoms with Gasteiger partial charge in [-0.2, -0.15) is 5.10 Å². The topological polar surface area (TPSA) is 69.0 Å². The summed E-state index contributed by atoms with van der Waals surface area (Å²) >= 11 is 0. The highest BCUT2D eigenvalue weighted by molar-refractivity contribution is 5.79. The van der Waals surface area contributed by atoms with Gasteiger partial charge in [0.05, 0.1) is 24.1 Å². The molecule has 1 aliphatic rings. The van der Waals surface area contributed by atoms with Crippen molar-refractivity contribution in [2.45, 2.75) is 58.7 Å². The Balaban J connectivity index is 1.95. The molecule has 2 unspecified atom stereocenters. The first kappa shape index (κ1) is 15.0. The van der Waals surface area contributed by atoms with Gasteiger partial charge in [-0.05, 0) is 40.5 Å². The van der Waals surface area contributed by atoms with Crippen molar-refractivity contribution < 1.29 is 9.53 Å². The molecule has 1 amide bonds. The summed E-state index contributed by atoms with van der Waals surface area (Å²) in [7, 11) is 0. The van der Waals surface area contributed by atoms with E-state index in [1.807, 2.05) is 11.6 Å². The fourth-order valence-electron chi connectivity index (χ4n) is 2.51. The van der Waals surface area contributed by atoms with Gasteiger partial charge < -0.3 is 10.1 Å². The van der Waals surface area contributed by atoms with Crippen LogP contribution in [0.2, 0.25) is 0 Å². The highest BCUT2D eigenvalue weighted by Gasteiger charge is 2.29. The smallest absolute Gasteiger partial charge is 0.226 e. The average molecular weight is 280 g/mol. The molecule has 1 aliphatic heterocycles. The fraction of sp³-hybridized carbons (Fsp3) is 0.786. The maximum Gasteiger partial charge on any atom is 0.226 e. The molecule has 2 rings (SSSR count). The second kappa shape index (κ2) is 5.91. The highest BCUT2D eigenvalue weighted by Crippen LogP contribution is 2.21. The molecule has 0 bridgehead atoms. The van der Waals surface area contributed by atoms with Crippen LogP contribution >= 0.6 is 0 Å². The van der Waals surface area contributed by atoms with Crippen LogP contribution in [-0.4, -0.2) is 33.4 Å². The van der Waals surface area contributed by atoms with Crippen LogP contribution in [0, 0.1) is 5.92 Å². The number of hydrogen-bond acceptors (Lipinski definition) is 4. The zero-order valence-corrected chi connectivity index (χ0v) is 12.7. The van der Waals surface area contributed by atoms with Crippen molar-refractivity contribution in [3.05, 3.63) is 12.2 Å². The Kier molecular flexibility index (Phi) is 4.42. The third kappa shape index (κ3) is 3.36. The van der Waals surface area contributed by atoms with Crippen molar-refractivity contribution in [3.8, 4) is 0 Å². The summed E-state index contributed by atoms with van der Waals surface area (Å²) < 4.78 is 7.37. The van der Waals surface area contributed by atoms with E-state index < -0.39 is 0 Å². The lowest BCUT2D eigenvalue weighted by atomic mass is 9.94. The van der Waals surface area contributed by atoms with Crippen molar-refractivity contribution in [1.82, 2.24) is 20.1 Å². The average Bonchev–Trinajstić information content (AvgIpc) is 2.84. The van der Waals surface area contributed by atoms with Crippen LogP contribution in [0.5, 0.6) is 0 Å². The molecule has 20 heavy (non-hydrogen) atoms. The van der Waals surface area contributed by atoms with Crippen LogP contribution in [-0.2, 0) is 21.6 Å². The number of nitrogens with one attached hydrogen (secondary N) is 1. The fourth-order valence-corrected chi connectivity index (χ4v) is 2.51. The summed E-state index contributed by atoms with van der Waals surface area (Å²) in [5, 5.41) is 7.18. The lowest BCUT2D eigenvalue weighted by Gasteiger charge is -2.28. The highest BCUT2D eigenvalue weighted by atomic mass is 16.5. The molecule has 0 radical (unpaired) electrons. The van der Waals surface area contributed by atoms with E-state index in [-0.39, 0.29) is 23.5 Å². The first-order valence-electron chi connectivity index (χ1n) is 7.18. The Morgan fingerprint density at radius 2 is 2.30 bits per heavy atom. The summed E-state index contributed by atoms with van der Waals surface area (Å²) in [5.41, 5.74) is -0.141. The molecule has 1 aromatic heterocycles. The van der Waals surface area contributed by atoms with E-state index in [2.05, 4.69) is 36.2 Å². The van der Waals surface area contributed by atoms with Gasteiger partial charge in [-0.1, -0.05) is 0 Å². The van der Waals surface area contributed by atoms with Crippen molar-refractivity contribution >= 4 is 5.91 Å². The normalized spacial score (nSPS) is 23.6. The minimum Gasteiger partial charge on any atom is -0.378 e. The van der Waals surface area contributed by atoms with Crippen LogP contribution < -0.4 is 5.32 Å². The molecule has 1 aromatic rings. The molecular weight excluding hydrogens is 256 g/mol. The third-order valence-corrected chi connectivity index (χ3v) is 3.62. The van der Waals surface area contributed by atoms with E-state index in [0.717, 1.165) is 25.3 Å². The Morgan fingerprint density at radius 1 is 1.55 bits per heavy atom. The lowest BCUT2D eigenvalue weighted by molar-refractivity contribution is -0.133. The Labute approximate surface area is 119 Å². The van der Waals surface area contributed by atoms with Gasteiger partial charge in [-0.15, -0.1) is 0 Å². The molecular formula is C14H24N4O2. The van der Waals surface area contributed by atoms with Crippen LogP contribution in [0.25, 0.3) is 0 Å². The first-order valence-corrected chi connectivity index (χ1v) is 7.18. The number of nitrogens with zero attached hydrogens (tertiary/aromatic N) is 3. The second-order valence-electron chi connectivity index (χ2n) is 6.30. The van der Waals surface area contributed by atoms with Gasteiger partial charge >= 0.3 is 0 Å². The number of rotatable bonds is 3. The van der Waals surface area contributed by atoms with Gasteiger partial charge in [-0.3, -0.25) is 4.79 Å². The predicted molar refractivity (Wildman–Crippen MR) is 75.0 cm³/mol. The van der Waals surface area contributed by atoms with E-state index in [1.54, 1.807) is 0 Å². The van der Waals surface area contributed by atoms with Crippen LogP contribution in [0.1, 0.15) is 46.4 Å². The summed E-state index contributed by atoms with van der Waals surface area (Å²) in [6, 6.07) is 0. The van der Waals surface area contributed by atoms with Crippen LogP contribution in [0.3, 0.4) is 0 Å². The maximum atomic E-state index is 12.2. The summed E-state index contributed by atoms with van der Waals surface area (Å²) in [5.74, 6) is 0.755. The van der Waals surface area contributed by atoms with Crippen molar-refractivity contribution in [1.29, 1.82) is 0 Å². The van der Waals surface area contributed by atoms with Crippen molar-refractivity contribution in [2.75, 3.05) is 6.61 Å². The van der Waals surface area contributed by atoms with E-state index in [4.69, 9.17) is 4.74 Å². The third-order valence-electron chi connectivity index (χ3n) is 3.62. The quantitative estimate of drug-likeness (QED) is 0.910. The molecule has 1 saturated heterocycles. The zero-order chi connectivity index (χ0) is 14.8. The predicted octanol–water partition coefficient (Wildman–Crippen LogP) is 1.46. The Hall–Kier alpha value is -1.43. The van der Waals surface area contributed by atoms with Gasteiger partial charge in [-0.25, -0.2) is 9.67 Å². The summed E-state index contributed by atoms with van der Waals surface area (Å²) in [6.45, 7) is 9.29. The standard InChI is InChI=1S/C14H24N4O2/c1-10-11(6-5-7-20-10)13(19)15-8-12-16-9-17-18(12)14(2,3)4/h9-11H,5-8H2,1-4H3,(H,15,19). The molecule has 0 aromatic carbocycles. The van der Waals surface area contributed by atoms with Crippen molar-refractivity contribution in [2.24, 2.45) is 5.92 Å². The molecule has 112 valence electrons. The molecule has 2 heterocycles. The molecule has 6 heteroatoms. The van der Waals surface area contributed by atoms with Gasteiger partial charge in [0.1, 0.15) is 12.2 Å². The molecule has 0 saturated carbocycles. The van der Waals surface area contributed by atoms with Gasteiger partial charge in [0.25, 0.3) is 0 Å². The monoisotopic (exact) mass is 280 g/mol. The minimum absolute atomic E-state index is 0.00997. The SMILES string of the molecule is CC1OCCCC1C(=O)NCc1ncnn1C(C)(C)C.